The number of morpholine rings is 1. The van der Waals surface area contributed by atoms with E-state index in [1.165, 1.54) is 0 Å². The van der Waals surface area contributed by atoms with Gasteiger partial charge < -0.3 is 14.2 Å². The second kappa shape index (κ2) is 4.57. The lowest BCUT2D eigenvalue weighted by Crippen LogP contribution is -2.36. The average Bonchev–Trinajstić information content (AvgIpc) is 2.72. The van der Waals surface area contributed by atoms with Crippen LogP contribution < -0.4 is 4.90 Å². The molecule has 0 saturated carbocycles. The number of nitrogens with one attached hydrogen (secondary N) is 1. The van der Waals surface area contributed by atoms with E-state index in [4.69, 9.17) is 9.26 Å². The quantitative estimate of drug-likeness (QED) is 0.937. The van der Waals surface area contributed by atoms with E-state index in [2.05, 4.69) is 15.4 Å². The molecule has 3 heterocycles. The molecule has 1 N–H and O–H groups in total. The lowest BCUT2D eigenvalue weighted by Gasteiger charge is -2.27. The summed E-state index contributed by atoms with van der Waals surface area (Å²) in [7, 11) is 0. The van der Waals surface area contributed by atoms with Crippen LogP contribution >= 0.6 is 11.3 Å². The Kier molecular flexibility index (Phi) is 3.02. The summed E-state index contributed by atoms with van der Waals surface area (Å²) in [4.78, 5) is 5.94. The molecule has 9 heteroatoms. The first-order valence-electron chi connectivity index (χ1n) is 5.77. The van der Waals surface area contributed by atoms with Crippen molar-refractivity contribution in [1.82, 2.24) is 15.4 Å². The first kappa shape index (κ1) is 12.5. The average molecular weight is 290 g/mol. The van der Waals surface area contributed by atoms with Gasteiger partial charge in [-0.1, -0.05) is 11.3 Å². The van der Waals surface area contributed by atoms with Gasteiger partial charge in [0.15, 0.2) is 10.7 Å². The fraction of sp³-hybridized carbons (Fsp3) is 0.600. The standard InChI is InChI=1S/C10H12F2N4O2S/c1-10(11,12)9-13-6(7-14-15-18-7)8(19-9)16-2-4-17-5-3-16/h15H,2-5H2,1H3. The largest absolute Gasteiger partial charge is 0.378 e. The van der Waals surface area contributed by atoms with Gasteiger partial charge in [-0.15, -0.1) is 10.4 Å². The number of hydrogen-bond acceptors (Lipinski definition) is 6. The monoisotopic (exact) mass is 290 g/mol. The highest BCUT2D eigenvalue weighted by Gasteiger charge is 2.33. The Balaban J connectivity index is 2.00. The van der Waals surface area contributed by atoms with Gasteiger partial charge in [0.05, 0.1) is 13.2 Å². The normalized spacial score (nSPS) is 17.1. The SMILES string of the molecule is CC(F)(F)c1nc(-c2n[nH]o2)c(N2CCOCC2)s1. The third-order valence-corrected chi connectivity index (χ3v) is 4.06. The van der Waals surface area contributed by atoms with Gasteiger partial charge in [0, 0.05) is 20.0 Å². The molecule has 0 amide bonds. The maximum Gasteiger partial charge on any atom is 0.296 e. The third-order valence-electron chi connectivity index (χ3n) is 2.78. The minimum atomic E-state index is -2.97. The van der Waals surface area contributed by atoms with Crippen molar-refractivity contribution in [2.24, 2.45) is 0 Å². The van der Waals surface area contributed by atoms with Crippen LogP contribution in [0.5, 0.6) is 0 Å². The first-order chi connectivity index (χ1) is 9.05. The molecule has 1 saturated heterocycles. The van der Waals surface area contributed by atoms with Crippen LogP contribution in [0.3, 0.4) is 0 Å². The minimum Gasteiger partial charge on any atom is -0.378 e. The molecular formula is C10H12F2N4O2S. The highest BCUT2D eigenvalue weighted by atomic mass is 32.1. The molecule has 2 aromatic rings. The van der Waals surface area contributed by atoms with E-state index in [0.29, 0.717) is 37.0 Å². The van der Waals surface area contributed by atoms with E-state index in [-0.39, 0.29) is 10.9 Å². The van der Waals surface area contributed by atoms with E-state index in [1.807, 2.05) is 4.90 Å². The molecule has 0 aromatic carbocycles. The molecule has 19 heavy (non-hydrogen) atoms. The first-order valence-corrected chi connectivity index (χ1v) is 6.59. The smallest absolute Gasteiger partial charge is 0.296 e. The lowest BCUT2D eigenvalue weighted by atomic mass is 10.3. The summed E-state index contributed by atoms with van der Waals surface area (Å²) in [5.41, 5.74) is 0.363. The van der Waals surface area contributed by atoms with Crippen molar-refractivity contribution in [2.75, 3.05) is 31.2 Å². The van der Waals surface area contributed by atoms with Gasteiger partial charge in [-0.05, 0) is 0 Å². The number of nitrogens with zero attached hydrogens (tertiary/aromatic N) is 3. The Morgan fingerprint density at radius 1 is 1.37 bits per heavy atom. The summed E-state index contributed by atoms with van der Waals surface area (Å²) >= 11 is 0.971. The van der Waals surface area contributed by atoms with Crippen molar-refractivity contribution in [3.05, 3.63) is 5.01 Å². The third kappa shape index (κ3) is 2.35. The molecule has 0 bridgehead atoms. The van der Waals surface area contributed by atoms with Gasteiger partial charge in [-0.25, -0.2) is 4.98 Å². The Labute approximate surface area is 111 Å². The predicted octanol–water partition coefficient (Wildman–Crippen LogP) is 2.07. The zero-order valence-electron chi connectivity index (χ0n) is 10.2. The number of halogens is 2. The van der Waals surface area contributed by atoms with Gasteiger partial charge in [0.1, 0.15) is 5.00 Å². The Bertz CT molecular complexity index is 544. The summed E-state index contributed by atoms with van der Waals surface area (Å²) in [6, 6.07) is 0. The molecule has 104 valence electrons. The summed E-state index contributed by atoms with van der Waals surface area (Å²) in [5, 5.41) is 6.45. The molecule has 6 nitrogen and oxygen atoms in total. The summed E-state index contributed by atoms with van der Waals surface area (Å²) in [5.74, 6) is -2.73. The molecule has 0 spiro atoms. The van der Waals surface area contributed by atoms with E-state index in [9.17, 15) is 8.78 Å². The number of aromatic nitrogens is 3. The van der Waals surface area contributed by atoms with Crippen LogP contribution in [0.25, 0.3) is 11.6 Å². The fourth-order valence-corrected chi connectivity index (χ4v) is 2.85. The number of anilines is 1. The summed E-state index contributed by atoms with van der Waals surface area (Å²) in [6.07, 6.45) is 0. The number of thiazole rings is 1. The van der Waals surface area contributed by atoms with Gasteiger partial charge in [-0.2, -0.15) is 8.78 Å². The van der Waals surface area contributed by atoms with Gasteiger partial charge in [-0.3, -0.25) is 0 Å². The minimum absolute atomic E-state index is 0.234. The van der Waals surface area contributed by atoms with Crippen LogP contribution in [0.1, 0.15) is 11.9 Å². The van der Waals surface area contributed by atoms with Crippen molar-refractivity contribution in [3.8, 4) is 11.6 Å². The molecule has 1 aliphatic rings. The zero-order chi connectivity index (χ0) is 13.5. The van der Waals surface area contributed by atoms with Crippen molar-refractivity contribution in [3.63, 3.8) is 0 Å². The lowest BCUT2D eigenvalue weighted by molar-refractivity contribution is 0.0173. The molecular weight excluding hydrogens is 278 g/mol. The number of rotatable bonds is 3. The fourth-order valence-electron chi connectivity index (χ4n) is 1.81. The second-order valence-corrected chi connectivity index (χ2v) is 5.25. The number of H-pyrrole nitrogens is 1. The van der Waals surface area contributed by atoms with E-state index in [1.54, 1.807) is 0 Å². The summed E-state index contributed by atoms with van der Waals surface area (Å²) < 4.78 is 37.0. The predicted molar refractivity (Wildman–Crippen MR) is 64.6 cm³/mol. The maximum atomic E-state index is 13.4. The molecule has 0 aliphatic carbocycles. The molecule has 0 unspecified atom stereocenters. The van der Waals surface area contributed by atoms with E-state index in [0.717, 1.165) is 18.3 Å². The molecule has 1 fully saturated rings. The Morgan fingerprint density at radius 2 is 2.05 bits per heavy atom. The van der Waals surface area contributed by atoms with Crippen LogP contribution in [0.2, 0.25) is 0 Å². The van der Waals surface area contributed by atoms with Crippen molar-refractivity contribution in [2.45, 2.75) is 12.8 Å². The Hall–Kier alpha value is -1.48. The van der Waals surface area contributed by atoms with Gasteiger partial charge in [0.2, 0.25) is 0 Å². The van der Waals surface area contributed by atoms with Crippen molar-refractivity contribution in [1.29, 1.82) is 0 Å². The van der Waals surface area contributed by atoms with Crippen LogP contribution in [0.15, 0.2) is 4.52 Å². The van der Waals surface area contributed by atoms with Crippen molar-refractivity contribution >= 4 is 16.3 Å². The molecule has 3 rings (SSSR count). The number of hydrogen-bond donors (Lipinski definition) is 1. The second-order valence-electron chi connectivity index (χ2n) is 4.27. The topological polar surface area (TPSA) is 67.2 Å². The van der Waals surface area contributed by atoms with Crippen LogP contribution in [0, 0.1) is 0 Å². The number of ether oxygens (including phenoxy) is 1. The Morgan fingerprint density at radius 3 is 2.58 bits per heavy atom. The number of alkyl halides is 2. The summed E-state index contributed by atoms with van der Waals surface area (Å²) in [6.45, 7) is 3.26. The van der Waals surface area contributed by atoms with Crippen LogP contribution in [-0.4, -0.2) is 41.7 Å². The maximum absolute atomic E-state index is 13.4. The van der Waals surface area contributed by atoms with Crippen LogP contribution in [0.4, 0.5) is 13.8 Å². The molecule has 2 aromatic heterocycles. The molecule has 1 aliphatic heterocycles. The molecule has 0 radical (unpaired) electrons. The van der Waals surface area contributed by atoms with Gasteiger partial charge in [0.25, 0.3) is 11.8 Å². The van der Waals surface area contributed by atoms with Gasteiger partial charge >= 0.3 is 0 Å². The van der Waals surface area contributed by atoms with Crippen molar-refractivity contribution < 1.29 is 18.0 Å². The number of aromatic amines is 1. The van der Waals surface area contributed by atoms with Crippen LogP contribution in [-0.2, 0) is 10.7 Å². The highest BCUT2D eigenvalue weighted by Crippen LogP contribution is 2.41. The zero-order valence-corrected chi connectivity index (χ0v) is 11.0. The van der Waals surface area contributed by atoms with E-state index >= 15 is 0 Å². The molecule has 0 atom stereocenters. The van der Waals surface area contributed by atoms with E-state index < -0.39 is 5.92 Å². The highest BCUT2D eigenvalue weighted by molar-refractivity contribution is 7.16.